The van der Waals surface area contributed by atoms with Crippen LogP contribution < -0.4 is 0 Å². The maximum Gasteiger partial charge on any atom is 0.0599 e. The average Bonchev–Trinajstić information content (AvgIpc) is 2.75. The minimum Gasteiger partial charge on any atom is -0.395 e. The molecule has 2 aliphatic rings. The van der Waals surface area contributed by atoms with E-state index in [2.05, 4.69) is 23.8 Å². The Morgan fingerprint density at radius 2 is 1.87 bits per heavy atom. The summed E-state index contributed by atoms with van der Waals surface area (Å²) in [4.78, 5) is 4.93. The number of hydrogen-bond acceptors (Lipinski definition) is 3. The molecule has 0 spiro atoms. The molecule has 0 bridgehead atoms. The van der Waals surface area contributed by atoms with Crippen molar-refractivity contribution in [3.63, 3.8) is 0 Å². The molecular weight excluding hydrogens is 188 g/mol. The van der Waals surface area contributed by atoms with Crippen LogP contribution in [-0.2, 0) is 0 Å². The van der Waals surface area contributed by atoms with Gasteiger partial charge in [-0.15, -0.1) is 0 Å². The fourth-order valence-corrected chi connectivity index (χ4v) is 3.06. The third-order valence-electron chi connectivity index (χ3n) is 4.27. The highest BCUT2D eigenvalue weighted by Crippen LogP contribution is 2.26. The van der Waals surface area contributed by atoms with E-state index in [4.69, 9.17) is 0 Å². The topological polar surface area (TPSA) is 26.7 Å². The lowest BCUT2D eigenvalue weighted by molar-refractivity contribution is 0.00407. The van der Waals surface area contributed by atoms with Crippen LogP contribution in [0, 0.1) is 0 Å². The number of aliphatic hydroxyl groups excluding tert-OH is 1. The first-order chi connectivity index (χ1) is 7.22. The van der Waals surface area contributed by atoms with E-state index in [9.17, 15) is 5.11 Å². The number of aliphatic hydroxyl groups is 1. The van der Waals surface area contributed by atoms with Gasteiger partial charge in [0.15, 0.2) is 0 Å². The standard InChI is InChI=1S/C12H24N2O/c1-10-7-14(11-5-3-4-6-11)8-12(9-15)13(10)2/h10-12,15H,3-9H2,1-2H3. The van der Waals surface area contributed by atoms with Gasteiger partial charge < -0.3 is 5.11 Å². The van der Waals surface area contributed by atoms with Crippen molar-refractivity contribution in [3.05, 3.63) is 0 Å². The van der Waals surface area contributed by atoms with Gasteiger partial charge in [0.05, 0.1) is 6.61 Å². The van der Waals surface area contributed by atoms with E-state index in [1.165, 1.54) is 32.2 Å². The first-order valence-electron chi connectivity index (χ1n) is 6.29. The zero-order valence-corrected chi connectivity index (χ0v) is 10.0. The van der Waals surface area contributed by atoms with Crippen LogP contribution in [0.15, 0.2) is 0 Å². The molecule has 0 radical (unpaired) electrons. The van der Waals surface area contributed by atoms with Crippen LogP contribution >= 0.6 is 0 Å². The summed E-state index contributed by atoms with van der Waals surface area (Å²) < 4.78 is 0. The van der Waals surface area contributed by atoms with Gasteiger partial charge in [0.1, 0.15) is 0 Å². The molecule has 1 saturated heterocycles. The van der Waals surface area contributed by atoms with Crippen molar-refractivity contribution in [1.82, 2.24) is 9.80 Å². The molecule has 88 valence electrons. The molecule has 0 amide bonds. The summed E-state index contributed by atoms with van der Waals surface area (Å²) >= 11 is 0. The predicted octanol–water partition coefficient (Wildman–Crippen LogP) is 0.926. The second-order valence-electron chi connectivity index (χ2n) is 5.24. The highest BCUT2D eigenvalue weighted by Gasteiger charge is 2.33. The zero-order valence-electron chi connectivity index (χ0n) is 10.0. The Morgan fingerprint density at radius 3 is 2.47 bits per heavy atom. The summed E-state index contributed by atoms with van der Waals surface area (Å²) in [5, 5.41) is 9.37. The predicted molar refractivity (Wildman–Crippen MR) is 61.9 cm³/mol. The van der Waals surface area contributed by atoms with E-state index >= 15 is 0 Å². The third kappa shape index (κ3) is 2.35. The summed E-state index contributed by atoms with van der Waals surface area (Å²) in [6.07, 6.45) is 5.54. The van der Waals surface area contributed by atoms with E-state index in [-0.39, 0.29) is 0 Å². The van der Waals surface area contributed by atoms with Crippen molar-refractivity contribution in [1.29, 1.82) is 0 Å². The van der Waals surface area contributed by atoms with Crippen LogP contribution in [0.3, 0.4) is 0 Å². The maximum absolute atomic E-state index is 9.37. The molecule has 0 aromatic carbocycles. The molecule has 2 rings (SSSR count). The lowest BCUT2D eigenvalue weighted by Gasteiger charge is -2.45. The molecule has 1 N–H and O–H groups in total. The molecule has 15 heavy (non-hydrogen) atoms. The molecule has 1 heterocycles. The number of hydrogen-bond donors (Lipinski definition) is 1. The largest absolute Gasteiger partial charge is 0.395 e. The second-order valence-corrected chi connectivity index (χ2v) is 5.24. The lowest BCUT2D eigenvalue weighted by Crippen LogP contribution is -2.59. The summed E-state index contributed by atoms with van der Waals surface area (Å²) in [7, 11) is 2.14. The Labute approximate surface area is 93.1 Å². The fourth-order valence-electron chi connectivity index (χ4n) is 3.06. The van der Waals surface area contributed by atoms with Crippen molar-refractivity contribution in [2.45, 2.75) is 50.7 Å². The Hall–Kier alpha value is -0.120. The molecule has 2 atom stereocenters. The van der Waals surface area contributed by atoms with Gasteiger partial charge in [0, 0.05) is 31.2 Å². The van der Waals surface area contributed by atoms with Crippen LogP contribution in [0.4, 0.5) is 0 Å². The number of nitrogens with zero attached hydrogens (tertiary/aromatic N) is 2. The Balaban J connectivity index is 1.96. The molecule has 3 heteroatoms. The van der Waals surface area contributed by atoms with Gasteiger partial charge in [-0.2, -0.15) is 0 Å². The summed E-state index contributed by atoms with van der Waals surface area (Å²) in [5.41, 5.74) is 0. The van der Waals surface area contributed by atoms with Crippen molar-refractivity contribution in [2.24, 2.45) is 0 Å². The van der Waals surface area contributed by atoms with Crippen LogP contribution in [0.25, 0.3) is 0 Å². The number of likely N-dealkylation sites (N-methyl/N-ethyl adjacent to an activating group) is 1. The highest BCUT2D eigenvalue weighted by atomic mass is 16.3. The molecule has 2 unspecified atom stereocenters. The summed E-state index contributed by atoms with van der Waals surface area (Å²) in [5.74, 6) is 0. The SMILES string of the molecule is CC1CN(C2CCCC2)CC(CO)N1C. The molecular formula is C12H24N2O. The van der Waals surface area contributed by atoms with Gasteiger partial charge in [-0.25, -0.2) is 0 Å². The molecule has 0 aromatic heterocycles. The van der Waals surface area contributed by atoms with E-state index < -0.39 is 0 Å². The Kier molecular flexibility index (Phi) is 3.65. The van der Waals surface area contributed by atoms with Gasteiger partial charge in [0.2, 0.25) is 0 Å². The molecule has 1 aliphatic heterocycles. The van der Waals surface area contributed by atoms with E-state index in [1.54, 1.807) is 0 Å². The molecule has 1 saturated carbocycles. The number of rotatable bonds is 2. The first kappa shape index (κ1) is 11.4. The van der Waals surface area contributed by atoms with Crippen LogP contribution in [0.1, 0.15) is 32.6 Å². The van der Waals surface area contributed by atoms with Crippen molar-refractivity contribution in [2.75, 3.05) is 26.7 Å². The minimum absolute atomic E-state index is 0.296. The smallest absolute Gasteiger partial charge is 0.0599 e. The van der Waals surface area contributed by atoms with Crippen molar-refractivity contribution in [3.8, 4) is 0 Å². The molecule has 3 nitrogen and oxygen atoms in total. The minimum atomic E-state index is 0.296. The average molecular weight is 212 g/mol. The van der Waals surface area contributed by atoms with Gasteiger partial charge >= 0.3 is 0 Å². The molecule has 1 aliphatic carbocycles. The van der Waals surface area contributed by atoms with Crippen LogP contribution in [0.2, 0.25) is 0 Å². The Bertz CT molecular complexity index is 204. The zero-order chi connectivity index (χ0) is 10.8. The lowest BCUT2D eigenvalue weighted by atomic mass is 10.1. The monoisotopic (exact) mass is 212 g/mol. The quantitative estimate of drug-likeness (QED) is 0.737. The van der Waals surface area contributed by atoms with E-state index in [0.717, 1.165) is 12.6 Å². The van der Waals surface area contributed by atoms with E-state index in [0.29, 0.717) is 18.7 Å². The van der Waals surface area contributed by atoms with Crippen LogP contribution in [0.5, 0.6) is 0 Å². The molecule has 2 fully saturated rings. The van der Waals surface area contributed by atoms with Crippen molar-refractivity contribution >= 4 is 0 Å². The second kappa shape index (κ2) is 4.81. The van der Waals surface area contributed by atoms with E-state index in [1.807, 2.05) is 0 Å². The van der Waals surface area contributed by atoms with Gasteiger partial charge in [-0.3, -0.25) is 9.80 Å². The normalized spacial score (nSPS) is 36.2. The summed E-state index contributed by atoms with van der Waals surface area (Å²) in [6, 6.07) is 1.72. The number of piperazine rings is 1. The first-order valence-corrected chi connectivity index (χ1v) is 6.29. The van der Waals surface area contributed by atoms with Crippen molar-refractivity contribution < 1.29 is 5.11 Å². The molecule has 0 aromatic rings. The highest BCUT2D eigenvalue weighted by molar-refractivity contribution is 4.89. The summed E-state index contributed by atoms with van der Waals surface area (Å²) in [6.45, 7) is 4.80. The Morgan fingerprint density at radius 1 is 1.20 bits per heavy atom. The maximum atomic E-state index is 9.37. The fraction of sp³-hybridized carbons (Fsp3) is 1.00. The van der Waals surface area contributed by atoms with Gasteiger partial charge in [0.25, 0.3) is 0 Å². The van der Waals surface area contributed by atoms with Gasteiger partial charge in [-0.05, 0) is 26.8 Å². The third-order valence-corrected chi connectivity index (χ3v) is 4.27. The van der Waals surface area contributed by atoms with Crippen LogP contribution in [-0.4, -0.2) is 59.8 Å². The van der Waals surface area contributed by atoms with Gasteiger partial charge in [-0.1, -0.05) is 12.8 Å².